The van der Waals surface area contributed by atoms with Crippen LogP contribution < -0.4 is 4.90 Å². The molecule has 2 heterocycles. The number of ether oxygens (including phenoxy) is 1. The molecule has 3 aromatic rings. The lowest BCUT2D eigenvalue weighted by Crippen LogP contribution is -2.34. The molecule has 2 aromatic heterocycles. The molecule has 0 bridgehead atoms. The number of hydrogen-bond acceptors (Lipinski definition) is 5. The SMILES string of the molecule is CCN(C(=O)COC(=O)c1ccc(-n2nc(C)cc2C)nc1)c1ccccc1. The van der Waals surface area contributed by atoms with E-state index >= 15 is 0 Å². The van der Waals surface area contributed by atoms with E-state index < -0.39 is 5.97 Å². The largest absolute Gasteiger partial charge is 0.452 e. The second-order valence-corrected chi connectivity index (χ2v) is 6.29. The maximum Gasteiger partial charge on any atom is 0.340 e. The highest BCUT2D eigenvalue weighted by Gasteiger charge is 2.17. The molecule has 1 aromatic carbocycles. The van der Waals surface area contributed by atoms with Crippen LogP contribution in [0.15, 0.2) is 54.7 Å². The zero-order valence-corrected chi connectivity index (χ0v) is 16.1. The molecule has 0 unspecified atom stereocenters. The Labute approximate surface area is 163 Å². The third-order valence-electron chi connectivity index (χ3n) is 4.22. The fourth-order valence-electron chi connectivity index (χ4n) is 2.89. The van der Waals surface area contributed by atoms with Crippen LogP contribution >= 0.6 is 0 Å². The van der Waals surface area contributed by atoms with Gasteiger partial charge in [0.2, 0.25) is 0 Å². The predicted octanol–water partition coefficient (Wildman–Crippen LogP) is 3.09. The van der Waals surface area contributed by atoms with Crippen molar-refractivity contribution in [1.29, 1.82) is 0 Å². The molecular formula is C21H22N4O3. The maximum atomic E-state index is 12.4. The summed E-state index contributed by atoms with van der Waals surface area (Å²) in [4.78, 5) is 30.5. The highest BCUT2D eigenvalue weighted by Crippen LogP contribution is 2.14. The summed E-state index contributed by atoms with van der Waals surface area (Å²) in [6.45, 7) is 5.86. The summed E-state index contributed by atoms with van der Waals surface area (Å²) in [7, 11) is 0. The van der Waals surface area contributed by atoms with Crippen LogP contribution in [0.5, 0.6) is 0 Å². The lowest BCUT2D eigenvalue weighted by molar-refractivity contribution is -0.121. The summed E-state index contributed by atoms with van der Waals surface area (Å²) < 4.78 is 6.88. The normalized spacial score (nSPS) is 10.5. The van der Waals surface area contributed by atoms with Crippen molar-refractivity contribution in [2.75, 3.05) is 18.1 Å². The van der Waals surface area contributed by atoms with Crippen molar-refractivity contribution in [1.82, 2.24) is 14.8 Å². The highest BCUT2D eigenvalue weighted by atomic mass is 16.5. The fraction of sp³-hybridized carbons (Fsp3) is 0.238. The van der Waals surface area contributed by atoms with Gasteiger partial charge in [-0.2, -0.15) is 5.10 Å². The van der Waals surface area contributed by atoms with Crippen molar-refractivity contribution in [3.8, 4) is 5.82 Å². The number of aromatic nitrogens is 3. The first-order chi connectivity index (χ1) is 13.5. The number of amides is 1. The Morgan fingerprint density at radius 1 is 1.11 bits per heavy atom. The predicted molar refractivity (Wildman–Crippen MR) is 106 cm³/mol. The zero-order chi connectivity index (χ0) is 20.1. The van der Waals surface area contributed by atoms with Crippen molar-refractivity contribution in [2.45, 2.75) is 20.8 Å². The minimum Gasteiger partial charge on any atom is -0.452 e. The number of carbonyl (C=O) groups excluding carboxylic acids is 2. The van der Waals surface area contributed by atoms with Gasteiger partial charge in [-0.3, -0.25) is 4.79 Å². The Kier molecular flexibility index (Phi) is 5.84. The van der Waals surface area contributed by atoms with Crippen LogP contribution in [-0.2, 0) is 9.53 Å². The van der Waals surface area contributed by atoms with Crippen LogP contribution in [0.4, 0.5) is 5.69 Å². The number of esters is 1. The summed E-state index contributed by atoms with van der Waals surface area (Å²) in [6.07, 6.45) is 1.42. The van der Waals surface area contributed by atoms with Gasteiger partial charge in [0, 0.05) is 24.1 Å². The van der Waals surface area contributed by atoms with Crippen molar-refractivity contribution >= 4 is 17.6 Å². The standard InChI is InChI=1S/C21H22N4O3/c1-4-24(18-8-6-5-7-9-18)20(26)14-28-21(27)17-10-11-19(22-13-17)25-16(3)12-15(2)23-25/h5-13H,4,14H2,1-3H3. The molecule has 1 amide bonds. The number of nitrogens with zero attached hydrogens (tertiary/aromatic N) is 4. The molecule has 0 radical (unpaired) electrons. The van der Waals surface area contributed by atoms with E-state index in [0.29, 0.717) is 12.4 Å². The Morgan fingerprint density at radius 3 is 2.43 bits per heavy atom. The number of benzene rings is 1. The minimum atomic E-state index is -0.593. The zero-order valence-electron chi connectivity index (χ0n) is 16.1. The molecule has 7 nitrogen and oxygen atoms in total. The van der Waals surface area contributed by atoms with Crippen molar-refractivity contribution in [3.05, 3.63) is 71.7 Å². The maximum absolute atomic E-state index is 12.4. The molecule has 0 fully saturated rings. The molecule has 3 rings (SSSR count). The number of pyridine rings is 1. The molecule has 28 heavy (non-hydrogen) atoms. The van der Waals surface area contributed by atoms with Gasteiger partial charge in [0.05, 0.1) is 11.3 Å². The first-order valence-corrected chi connectivity index (χ1v) is 9.02. The fourth-order valence-corrected chi connectivity index (χ4v) is 2.89. The van der Waals surface area contributed by atoms with E-state index in [0.717, 1.165) is 17.1 Å². The van der Waals surface area contributed by atoms with E-state index in [-0.39, 0.29) is 18.1 Å². The van der Waals surface area contributed by atoms with Crippen LogP contribution in [0.3, 0.4) is 0 Å². The summed E-state index contributed by atoms with van der Waals surface area (Å²) in [6, 6.07) is 14.5. The second-order valence-electron chi connectivity index (χ2n) is 6.29. The van der Waals surface area contributed by atoms with E-state index in [4.69, 9.17) is 4.74 Å². The van der Waals surface area contributed by atoms with Gasteiger partial charge in [0.15, 0.2) is 12.4 Å². The molecule has 0 spiro atoms. The molecule has 0 atom stereocenters. The van der Waals surface area contributed by atoms with Crippen LogP contribution in [0.25, 0.3) is 5.82 Å². The molecule has 0 saturated heterocycles. The Bertz CT molecular complexity index is 965. The number of aryl methyl sites for hydroxylation is 2. The Hall–Kier alpha value is -3.48. The molecule has 144 valence electrons. The highest BCUT2D eigenvalue weighted by molar-refractivity contribution is 5.97. The third-order valence-corrected chi connectivity index (χ3v) is 4.22. The Morgan fingerprint density at radius 2 is 1.86 bits per heavy atom. The molecule has 0 aliphatic rings. The molecule has 0 aliphatic heterocycles. The van der Waals surface area contributed by atoms with Gasteiger partial charge in [-0.15, -0.1) is 0 Å². The van der Waals surface area contributed by atoms with Gasteiger partial charge >= 0.3 is 5.97 Å². The smallest absolute Gasteiger partial charge is 0.340 e. The minimum absolute atomic E-state index is 0.279. The molecule has 7 heteroatoms. The number of para-hydroxylation sites is 1. The molecule has 0 saturated carbocycles. The monoisotopic (exact) mass is 378 g/mol. The number of hydrogen-bond donors (Lipinski definition) is 0. The molecule has 0 aliphatic carbocycles. The van der Waals surface area contributed by atoms with E-state index in [1.807, 2.05) is 57.2 Å². The number of likely N-dealkylation sites (N-methyl/N-ethyl adjacent to an activating group) is 1. The van der Waals surface area contributed by atoms with E-state index in [1.165, 1.54) is 6.20 Å². The lowest BCUT2D eigenvalue weighted by Gasteiger charge is -2.20. The van der Waals surface area contributed by atoms with Gasteiger partial charge in [0.25, 0.3) is 5.91 Å². The average molecular weight is 378 g/mol. The summed E-state index contributed by atoms with van der Waals surface area (Å²) in [5, 5.41) is 4.36. The second kappa shape index (κ2) is 8.47. The lowest BCUT2D eigenvalue weighted by atomic mass is 10.3. The number of rotatable bonds is 6. The molecule has 0 N–H and O–H groups in total. The summed E-state index contributed by atoms with van der Waals surface area (Å²) in [5.74, 6) is -0.265. The van der Waals surface area contributed by atoms with Gasteiger partial charge in [0.1, 0.15) is 0 Å². The number of anilines is 1. The van der Waals surface area contributed by atoms with Gasteiger partial charge in [-0.1, -0.05) is 18.2 Å². The third kappa shape index (κ3) is 4.25. The Balaban J connectivity index is 1.63. The van der Waals surface area contributed by atoms with Crippen LogP contribution in [0, 0.1) is 13.8 Å². The number of carbonyl (C=O) groups is 2. The van der Waals surface area contributed by atoms with Gasteiger partial charge in [-0.25, -0.2) is 14.5 Å². The quantitative estimate of drug-likeness (QED) is 0.616. The topological polar surface area (TPSA) is 77.3 Å². The first kappa shape index (κ1) is 19.3. The average Bonchev–Trinajstić information content (AvgIpc) is 3.05. The van der Waals surface area contributed by atoms with Crippen LogP contribution in [0.1, 0.15) is 28.7 Å². The van der Waals surface area contributed by atoms with Crippen molar-refractivity contribution in [3.63, 3.8) is 0 Å². The van der Waals surface area contributed by atoms with E-state index in [9.17, 15) is 9.59 Å². The van der Waals surface area contributed by atoms with E-state index in [1.54, 1.807) is 21.7 Å². The summed E-state index contributed by atoms with van der Waals surface area (Å²) >= 11 is 0. The van der Waals surface area contributed by atoms with Crippen molar-refractivity contribution < 1.29 is 14.3 Å². The van der Waals surface area contributed by atoms with Crippen molar-refractivity contribution in [2.24, 2.45) is 0 Å². The first-order valence-electron chi connectivity index (χ1n) is 9.02. The molecular weight excluding hydrogens is 356 g/mol. The van der Waals surface area contributed by atoms with Gasteiger partial charge < -0.3 is 9.64 Å². The van der Waals surface area contributed by atoms with Gasteiger partial charge in [-0.05, 0) is 51.1 Å². The van der Waals surface area contributed by atoms with Crippen LogP contribution in [0.2, 0.25) is 0 Å². The van der Waals surface area contributed by atoms with Crippen LogP contribution in [-0.4, -0.2) is 39.8 Å². The van der Waals surface area contributed by atoms with E-state index in [2.05, 4.69) is 10.1 Å². The summed E-state index contributed by atoms with van der Waals surface area (Å²) in [5.41, 5.74) is 2.88.